The second-order valence-electron chi connectivity index (χ2n) is 14.0. The maximum absolute atomic E-state index is 17.6. The fourth-order valence-electron chi connectivity index (χ4n) is 9.13. The van der Waals surface area contributed by atoms with Gasteiger partial charge in [-0.3, -0.25) is 9.59 Å². The predicted octanol–water partition coefficient (Wildman–Crippen LogP) is 7.34. The number of fused-ring (bicyclic) bond motifs is 5. The Labute approximate surface area is 291 Å². The Morgan fingerprint density at radius 3 is 2.38 bits per heavy atom. The van der Waals surface area contributed by atoms with E-state index in [-0.39, 0.29) is 40.5 Å². The number of aliphatic hydroxyl groups excluding tert-OH is 1. The number of rotatable bonds is 7. The third-order valence-corrected chi connectivity index (χ3v) is 11.7. The fourth-order valence-corrected chi connectivity index (χ4v) is 9.34. The van der Waals surface area contributed by atoms with Gasteiger partial charge in [0.2, 0.25) is 12.5 Å². The molecule has 0 radical (unpaired) electrons. The van der Waals surface area contributed by atoms with Crippen LogP contribution in [0, 0.1) is 28.6 Å². The van der Waals surface area contributed by atoms with Gasteiger partial charge in [-0.2, -0.15) is 0 Å². The van der Waals surface area contributed by atoms with Crippen LogP contribution < -0.4 is 9.47 Å². The van der Waals surface area contributed by atoms with Gasteiger partial charge in [0, 0.05) is 48.5 Å². The molecule has 0 aliphatic heterocycles. The first kappa shape index (κ1) is 35.7. The summed E-state index contributed by atoms with van der Waals surface area (Å²) in [6.07, 6.45) is -0.345. The van der Waals surface area contributed by atoms with Crippen molar-refractivity contribution in [2.24, 2.45) is 28.6 Å². The van der Waals surface area contributed by atoms with E-state index in [0.717, 1.165) is 0 Å². The summed E-state index contributed by atoms with van der Waals surface area (Å²) in [4.78, 5) is 51.0. The van der Waals surface area contributed by atoms with Crippen molar-refractivity contribution in [1.82, 2.24) is 0 Å². The summed E-state index contributed by atoms with van der Waals surface area (Å²) in [6.45, 7) is 4.33. The summed E-state index contributed by atoms with van der Waals surface area (Å²) >= 11 is 6.17. The molecule has 2 fully saturated rings. The number of hydrogen-bond donors (Lipinski definition) is 1. The zero-order valence-electron chi connectivity index (χ0n) is 27.8. The summed E-state index contributed by atoms with van der Waals surface area (Å²) in [6, 6.07) is 10.1. The number of esters is 3. The zero-order valence-corrected chi connectivity index (χ0v) is 28.5. The fraction of sp³-hybridized carbons (Fsp3) is 0.459. The highest BCUT2D eigenvalue weighted by atomic mass is 35.5. The molecule has 13 heteroatoms. The van der Waals surface area contributed by atoms with E-state index in [4.69, 9.17) is 30.5 Å². The van der Waals surface area contributed by atoms with Gasteiger partial charge in [-0.15, -0.1) is 0 Å². The summed E-state index contributed by atoms with van der Waals surface area (Å²) in [5.74, 6) is -5.86. The highest BCUT2D eigenvalue weighted by molar-refractivity contribution is 6.32. The smallest absolute Gasteiger partial charge is 0.353 e. The third kappa shape index (κ3) is 5.25. The highest BCUT2D eigenvalue weighted by Crippen LogP contribution is 2.71. The molecule has 6 rings (SSSR count). The van der Waals surface area contributed by atoms with Gasteiger partial charge in [0.25, 0.3) is 0 Å². The first-order chi connectivity index (χ1) is 23.5. The molecule has 2 aromatic carbocycles. The van der Waals surface area contributed by atoms with Crippen molar-refractivity contribution >= 4 is 35.3 Å². The minimum absolute atomic E-state index is 0.00994. The van der Waals surface area contributed by atoms with Crippen LogP contribution in [-0.4, -0.2) is 53.0 Å². The van der Waals surface area contributed by atoms with Crippen LogP contribution in [0.1, 0.15) is 63.7 Å². The van der Waals surface area contributed by atoms with Crippen molar-refractivity contribution in [2.75, 3.05) is 6.86 Å². The number of alkyl halides is 2. The summed E-state index contributed by atoms with van der Waals surface area (Å²) in [5.41, 5.74) is -7.79. The molecule has 0 saturated heterocycles. The van der Waals surface area contributed by atoms with E-state index in [1.807, 2.05) is 0 Å². The van der Waals surface area contributed by atoms with Crippen LogP contribution in [0.15, 0.2) is 66.0 Å². The molecule has 50 heavy (non-hydrogen) atoms. The third-order valence-electron chi connectivity index (χ3n) is 11.4. The summed E-state index contributed by atoms with van der Waals surface area (Å²) in [5, 5.41) is 11.8. The molecule has 0 heterocycles. The molecule has 0 bridgehead atoms. The molecule has 0 aromatic heterocycles. The Bertz CT molecular complexity index is 1830. The molecular weight excluding hydrogens is 681 g/mol. The molecule has 2 saturated carbocycles. The number of carbonyl (C=O) groups excluding carboxylic acids is 4. The quantitative estimate of drug-likeness (QED) is 0.232. The molecule has 2 aromatic rings. The maximum atomic E-state index is 17.6. The van der Waals surface area contributed by atoms with Crippen molar-refractivity contribution in [3.8, 4) is 17.2 Å². The Kier molecular flexibility index (Phi) is 8.96. The van der Waals surface area contributed by atoms with Gasteiger partial charge in [0.15, 0.2) is 11.5 Å². The second-order valence-corrected chi connectivity index (χ2v) is 14.4. The van der Waals surface area contributed by atoms with Gasteiger partial charge in [-0.05, 0) is 73.7 Å². The minimum Gasteiger partial charge on any atom is -0.457 e. The van der Waals surface area contributed by atoms with Gasteiger partial charge in [0.1, 0.15) is 23.1 Å². The molecule has 0 amide bonds. The van der Waals surface area contributed by atoms with E-state index in [9.17, 15) is 28.7 Å². The average Bonchev–Trinajstić information content (AvgIpc) is 3.27. The van der Waals surface area contributed by atoms with Crippen LogP contribution in [0.25, 0.3) is 0 Å². The van der Waals surface area contributed by atoms with Gasteiger partial charge in [0.05, 0.1) is 16.7 Å². The molecule has 266 valence electrons. The standard InChI is InChI=1S/C37H36ClF3O9/c1-19-13-25-26-16-29(40)27-14-22(43)11-12-34(27,3)36(26,41)31(44)17-35(25,4)37(19,33(46)47-18-39)50-32(45)21-5-7-23(8-6-21)49-24-9-10-30(28(38)15-24)48-20(2)42/h5-12,15,19,25-26,31,44H,13-14,16-18H2,1-4H3/t19-,25+,26+,31+,34+,35+,36+,37+/m1/s1. The lowest BCUT2D eigenvalue weighted by atomic mass is 9.45. The minimum atomic E-state index is -2.43. The lowest BCUT2D eigenvalue weighted by molar-refractivity contribution is -0.227. The zero-order chi connectivity index (χ0) is 36.4. The Morgan fingerprint density at radius 1 is 1.06 bits per heavy atom. The number of carbonyl (C=O) groups is 4. The van der Waals surface area contributed by atoms with Gasteiger partial charge in [-0.1, -0.05) is 31.5 Å². The van der Waals surface area contributed by atoms with E-state index in [0.29, 0.717) is 11.5 Å². The van der Waals surface area contributed by atoms with Gasteiger partial charge in [-0.25, -0.2) is 22.8 Å². The van der Waals surface area contributed by atoms with E-state index in [1.54, 1.807) is 13.8 Å². The summed E-state index contributed by atoms with van der Waals surface area (Å²) < 4.78 is 68.8. The topological polar surface area (TPSA) is 125 Å². The van der Waals surface area contributed by atoms with Crippen molar-refractivity contribution < 1.29 is 56.4 Å². The number of benzene rings is 2. The molecule has 1 N–H and O–H groups in total. The van der Waals surface area contributed by atoms with Crippen molar-refractivity contribution in [2.45, 2.75) is 70.8 Å². The maximum Gasteiger partial charge on any atom is 0.353 e. The first-order valence-corrected chi connectivity index (χ1v) is 16.6. The number of aliphatic hydroxyl groups is 1. The van der Waals surface area contributed by atoms with E-state index >= 15 is 8.78 Å². The molecular formula is C37H36ClF3O9. The lowest BCUT2D eigenvalue weighted by Gasteiger charge is -2.62. The highest BCUT2D eigenvalue weighted by Gasteiger charge is 2.78. The van der Waals surface area contributed by atoms with Crippen LogP contribution in [0.2, 0.25) is 5.02 Å². The number of hydrogen-bond acceptors (Lipinski definition) is 9. The average molecular weight is 717 g/mol. The SMILES string of the molecule is CC(=O)Oc1ccc(Oc2ccc(C(=O)O[C@]3(C(=O)OCF)[C@H](C)C[C@H]4[C@@H]5CC(F)=C6CC(=O)C=C[C@]6(C)[C@@]5(F)[C@@H](O)C[C@@]43C)cc2)cc1Cl. The van der Waals surface area contributed by atoms with E-state index in [1.165, 1.54) is 68.5 Å². The van der Waals surface area contributed by atoms with Crippen molar-refractivity contribution in [1.29, 1.82) is 0 Å². The predicted molar refractivity (Wildman–Crippen MR) is 172 cm³/mol. The number of allylic oxidation sites excluding steroid dienone is 4. The molecule has 8 atom stereocenters. The molecule has 4 aliphatic carbocycles. The normalized spacial score (nSPS) is 34.3. The monoisotopic (exact) mass is 716 g/mol. The van der Waals surface area contributed by atoms with Gasteiger partial charge >= 0.3 is 17.9 Å². The van der Waals surface area contributed by atoms with E-state index < -0.39 is 89.4 Å². The lowest BCUT2D eigenvalue weighted by Crippen LogP contribution is -2.70. The summed E-state index contributed by atoms with van der Waals surface area (Å²) in [7, 11) is 0. The van der Waals surface area contributed by atoms with Crippen LogP contribution in [0.5, 0.6) is 17.2 Å². The van der Waals surface area contributed by atoms with Crippen LogP contribution in [0.3, 0.4) is 0 Å². The Balaban J connectivity index is 1.31. The molecule has 9 nitrogen and oxygen atoms in total. The second kappa shape index (κ2) is 12.6. The van der Waals surface area contributed by atoms with Crippen molar-refractivity contribution in [3.63, 3.8) is 0 Å². The van der Waals surface area contributed by atoms with E-state index in [2.05, 4.69) is 0 Å². The first-order valence-electron chi connectivity index (χ1n) is 16.2. The van der Waals surface area contributed by atoms with Crippen LogP contribution >= 0.6 is 11.6 Å². The number of ketones is 1. The van der Waals surface area contributed by atoms with Crippen molar-refractivity contribution in [3.05, 3.63) is 76.6 Å². The molecule has 4 aliphatic rings. The molecule has 0 unspecified atom stereocenters. The van der Waals surface area contributed by atoms with Crippen LogP contribution in [0.4, 0.5) is 13.2 Å². The number of halogens is 4. The van der Waals surface area contributed by atoms with Crippen LogP contribution in [-0.2, 0) is 23.9 Å². The Morgan fingerprint density at radius 2 is 1.74 bits per heavy atom. The number of ether oxygens (including phenoxy) is 4. The largest absolute Gasteiger partial charge is 0.457 e. The van der Waals surface area contributed by atoms with Gasteiger partial charge < -0.3 is 24.1 Å². The Hall–Kier alpha value is -4.16. The molecule has 0 spiro atoms.